The molecule has 0 spiro atoms. The van der Waals surface area contributed by atoms with Crippen LogP contribution in [0.1, 0.15) is 64.7 Å². The number of hydrogen-bond donors (Lipinski definition) is 1. The number of hydrogen-bond acceptors (Lipinski definition) is 2. The van der Waals surface area contributed by atoms with Crippen molar-refractivity contribution in [2.75, 3.05) is 13.6 Å². The normalized spacial score (nSPS) is 33.1. The topological polar surface area (TPSA) is 46.3 Å². The molecule has 2 N–H and O–H groups in total. The molecule has 0 bridgehead atoms. The monoisotopic (exact) mass is 266 g/mol. The van der Waals surface area contributed by atoms with Gasteiger partial charge in [0.05, 0.1) is 5.41 Å². The molecule has 110 valence electrons. The second-order valence-corrected chi connectivity index (χ2v) is 6.87. The van der Waals surface area contributed by atoms with Crippen LogP contribution >= 0.6 is 0 Å². The van der Waals surface area contributed by atoms with Gasteiger partial charge in [-0.25, -0.2) is 0 Å². The highest BCUT2D eigenvalue weighted by Gasteiger charge is 2.42. The number of rotatable bonds is 3. The highest BCUT2D eigenvalue weighted by molar-refractivity contribution is 5.83. The van der Waals surface area contributed by atoms with Crippen LogP contribution in [-0.2, 0) is 4.79 Å². The lowest BCUT2D eigenvalue weighted by atomic mass is 9.69. The molecule has 3 heteroatoms. The maximum Gasteiger partial charge on any atom is 0.230 e. The third-order valence-electron chi connectivity index (χ3n) is 5.52. The zero-order valence-corrected chi connectivity index (χ0v) is 12.7. The number of carbonyl (C=O) groups is 1. The third kappa shape index (κ3) is 3.13. The van der Waals surface area contributed by atoms with E-state index < -0.39 is 0 Å². The Balaban J connectivity index is 2.03. The zero-order valence-electron chi connectivity index (χ0n) is 12.7. The summed E-state index contributed by atoms with van der Waals surface area (Å²) in [5.41, 5.74) is 5.75. The van der Waals surface area contributed by atoms with Gasteiger partial charge in [-0.3, -0.25) is 4.79 Å². The molecule has 19 heavy (non-hydrogen) atoms. The van der Waals surface area contributed by atoms with E-state index >= 15 is 0 Å². The minimum atomic E-state index is -0.251. The maximum atomic E-state index is 12.9. The molecule has 2 saturated carbocycles. The third-order valence-corrected chi connectivity index (χ3v) is 5.52. The predicted molar refractivity (Wildman–Crippen MR) is 78.8 cm³/mol. The van der Waals surface area contributed by atoms with Crippen molar-refractivity contribution in [1.82, 2.24) is 4.90 Å². The van der Waals surface area contributed by atoms with E-state index in [0.717, 1.165) is 31.6 Å². The van der Waals surface area contributed by atoms with Gasteiger partial charge in [-0.1, -0.05) is 26.2 Å². The van der Waals surface area contributed by atoms with Crippen LogP contribution in [0.4, 0.5) is 0 Å². The van der Waals surface area contributed by atoms with Crippen LogP contribution in [0.15, 0.2) is 0 Å². The van der Waals surface area contributed by atoms with E-state index in [1.807, 2.05) is 11.9 Å². The fourth-order valence-corrected chi connectivity index (χ4v) is 3.83. The lowest BCUT2D eigenvalue weighted by Gasteiger charge is -2.42. The van der Waals surface area contributed by atoms with Gasteiger partial charge in [0, 0.05) is 19.6 Å². The first-order valence-corrected chi connectivity index (χ1v) is 8.06. The van der Waals surface area contributed by atoms with E-state index in [0.29, 0.717) is 18.5 Å². The first kappa shape index (κ1) is 14.8. The average molecular weight is 266 g/mol. The molecule has 0 aromatic rings. The summed E-state index contributed by atoms with van der Waals surface area (Å²) < 4.78 is 0. The fraction of sp³-hybridized carbons (Fsp3) is 0.938. The fourth-order valence-electron chi connectivity index (χ4n) is 3.83. The van der Waals surface area contributed by atoms with Gasteiger partial charge in [0.25, 0.3) is 0 Å². The number of amides is 1. The summed E-state index contributed by atoms with van der Waals surface area (Å²) in [5.74, 6) is 1.08. The lowest BCUT2D eigenvalue weighted by molar-refractivity contribution is -0.145. The molecule has 1 amide bonds. The SMILES string of the molecule is CC1CCC(CN)(C(=O)N(C)C2CCCCC2)CC1. The van der Waals surface area contributed by atoms with Crippen molar-refractivity contribution in [2.45, 2.75) is 70.8 Å². The Bertz CT molecular complexity index is 302. The Morgan fingerprint density at radius 1 is 1.16 bits per heavy atom. The van der Waals surface area contributed by atoms with Gasteiger partial charge in [-0.15, -0.1) is 0 Å². The van der Waals surface area contributed by atoms with Crippen molar-refractivity contribution in [3.63, 3.8) is 0 Å². The largest absolute Gasteiger partial charge is 0.342 e. The van der Waals surface area contributed by atoms with Crippen molar-refractivity contribution >= 4 is 5.91 Å². The Morgan fingerprint density at radius 3 is 2.26 bits per heavy atom. The smallest absolute Gasteiger partial charge is 0.230 e. The van der Waals surface area contributed by atoms with Gasteiger partial charge in [0.2, 0.25) is 5.91 Å². The van der Waals surface area contributed by atoms with Gasteiger partial charge in [-0.05, 0) is 44.4 Å². The maximum absolute atomic E-state index is 12.9. The Kier molecular flexibility index (Phi) is 4.88. The summed E-state index contributed by atoms with van der Waals surface area (Å²) in [4.78, 5) is 14.9. The summed E-state index contributed by atoms with van der Waals surface area (Å²) in [6.07, 6.45) is 10.5. The molecule has 0 radical (unpaired) electrons. The van der Waals surface area contributed by atoms with Crippen molar-refractivity contribution in [1.29, 1.82) is 0 Å². The number of nitrogens with zero attached hydrogens (tertiary/aromatic N) is 1. The van der Waals surface area contributed by atoms with Crippen LogP contribution in [-0.4, -0.2) is 30.4 Å². The Labute approximate surface area is 117 Å². The minimum absolute atomic E-state index is 0.251. The van der Waals surface area contributed by atoms with E-state index in [2.05, 4.69) is 6.92 Å². The Morgan fingerprint density at radius 2 is 1.74 bits per heavy atom. The highest BCUT2D eigenvalue weighted by Crippen LogP contribution is 2.40. The molecule has 0 unspecified atom stereocenters. The molecule has 0 aromatic carbocycles. The van der Waals surface area contributed by atoms with Crippen molar-refractivity contribution in [3.05, 3.63) is 0 Å². The summed E-state index contributed by atoms with van der Waals surface area (Å²) >= 11 is 0. The van der Waals surface area contributed by atoms with E-state index in [4.69, 9.17) is 5.73 Å². The van der Waals surface area contributed by atoms with Gasteiger partial charge < -0.3 is 10.6 Å². The van der Waals surface area contributed by atoms with Crippen molar-refractivity contribution in [2.24, 2.45) is 17.1 Å². The molecule has 0 heterocycles. The quantitative estimate of drug-likeness (QED) is 0.853. The van der Waals surface area contributed by atoms with Gasteiger partial charge in [0.15, 0.2) is 0 Å². The first-order chi connectivity index (χ1) is 9.09. The van der Waals surface area contributed by atoms with Crippen LogP contribution in [0.5, 0.6) is 0 Å². The molecule has 2 rings (SSSR count). The summed E-state index contributed by atoms with van der Waals surface area (Å²) in [6, 6.07) is 0.462. The van der Waals surface area contributed by atoms with E-state index in [1.165, 1.54) is 32.1 Å². The number of carbonyl (C=O) groups excluding carboxylic acids is 1. The zero-order chi connectivity index (χ0) is 13.9. The summed E-state index contributed by atoms with van der Waals surface area (Å²) in [6.45, 7) is 2.81. The van der Waals surface area contributed by atoms with Crippen LogP contribution in [0.25, 0.3) is 0 Å². The molecular weight excluding hydrogens is 236 g/mol. The molecule has 3 nitrogen and oxygen atoms in total. The van der Waals surface area contributed by atoms with E-state index in [1.54, 1.807) is 0 Å². The standard InChI is InChI=1S/C16H30N2O/c1-13-8-10-16(12-17,11-9-13)15(19)18(2)14-6-4-3-5-7-14/h13-14H,3-12,17H2,1-2H3. The molecule has 0 aromatic heterocycles. The molecule has 2 aliphatic carbocycles. The molecule has 2 fully saturated rings. The molecular formula is C16H30N2O. The van der Waals surface area contributed by atoms with Crippen LogP contribution < -0.4 is 5.73 Å². The van der Waals surface area contributed by atoms with Crippen LogP contribution in [0, 0.1) is 11.3 Å². The van der Waals surface area contributed by atoms with Gasteiger partial charge in [-0.2, -0.15) is 0 Å². The van der Waals surface area contributed by atoms with Crippen LogP contribution in [0.3, 0.4) is 0 Å². The predicted octanol–water partition coefficient (Wildman–Crippen LogP) is 2.93. The number of nitrogens with two attached hydrogens (primary N) is 1. The molecule has 2 aliphatic rings. The second-order valence-electron chi connectivity index (χ2n) is 6.87. The minimum Gasteiger partial charge on any atom is -0.342 e. The van der Waals surface area contributed by atoms with E-state index in [9.17, 15) is 4.79 Å². The second kappa shape index (κ2) is 6.25. The molecule has 0 atom stereocenters. The van der Waals surface area contributed by atoms with Crippen molar-refractivity contribution < 1.29 is 4.79 Å². The summed E-state index contributed by atoms with van der Waals surface area (Å²) in [5, 5.41) is 0. The van der Waals surface area contributed by atoms with Gasteiger partial charge >= 0.3 is 0 Å². The van der Waals surface area contributed by atoms with Crippen LogP contribution in [0.2, 0.25) is 0 Å². The Hall–Kier alpha value is -0.570. The highest BCUT2D eigenvalue weighted by atomic mass is 16.2. The summed E-state index contributed by atoms with van der Waals surface area (Å²) in [7, 11) is 2.01. The van der Waals surface area contributed by atoms with Crippen molar-refractivity contribution in [3.8, 4) is 0 Å². The molecule has 0 aliphatic heterocycles. The van der Waals surface area contributed by atoms with E-state index in [-0.39, 0.29) is 5.41 Å². The van der Waals surface area contributed by atoms with Gasteiger partial charge in [0.1, 0.15) is 0 Å². The average Bonchev–Trinajstić information content (AvgIpc) is 2.48. The lowest BCUT2D eigenvalue weighted by Crippen LogP contribution is -2.51. The molecule has 0 saturated heterocycles. The first-order valence-electron chi connectivity index (χ1n) is 8.06.